The Bertz CT molecular complexity index is 890. The second kappa shape index (κ2) is 6.99. The summed E-state index contributed by atoms with van der Waals surface area (Å²) in [6, 6.07) is 11.2. The molecule has 0 aliphatic rings. The van der Waals surface area contributed by atoms with Gasteiger partial charge in [-0.05, 0) is 42.8 Å². The summed E-state index contributed by atoms with van der Waals surface area (Å²) in [6.07, 6.45) is -1.50. The van der Waals surface area contributed by atoms with Crippen molar-refractivity contribution in [3.8, 4) is 5.69 Å². The van der Waals surface area contributed by atoms with E-state index in [-0.39, 0.29) is 11.6 Å². The summed E-state index contributed by atoms with van der Waals surface area (Å²) >= 11 is 0. The predicted octanol–water partition coefficient (Wildman–Crippen LogP) is 3.78. The highest BCUT2D eigenvalue weighted by atomic mass is 19.4. The first-order valence-corrected chi connectivity index (χ1v) is 7.77. The Morgan fingerprint density at radius 3 is 2.50 bits per heavy atom. The number of carbonyl (C=O) groups excluding carboxylic acids is 1. The zero-order chi connectivity index (χ0) is 18.7. The SMILES string of the molecule is CC(NC(=O)c1cccc(C(F)(F)F)c1)c1ccc(-n2cncn2)cc1. The topological polar surface area (TPSA) is 59.8 Å². The van der Waals surface area contributed by atoms with Gasteiger partial charge in [0.1, 0.15) is 12.7 Å². The van der Waals surface area contributed by atoms with Crippen molar-refractivity contribution in [2.24, 2.45) is 0 Å². The summed E-state index contributed by atoms with van der Waals surface area (Å²) in [5.41, 5.74) is 0.734. The molecule has 3 rings (SSSR count). The van der Waals surface area contributed by atoms with E-state index in [1.54, 1.807) is 17.9 Å². The van der Waals surface area contributed by atoms with Gasteiger partial charge in [0, 0.05) is 5.56 Å². The van der Waals surface area contributed by atoms with Gasteiger partial charge in [0.15, 0.2) is 0 Å². The molecular formula is C18H15F3N4O. The van der Waals surface area contributed by atoms with Crippen LogP contribution in [0.25, 0.3) is 5.69 Å². The minimum Gasteiger partial charge on any atom is -0.346 e. The number of halogens is 3. The fourth-order valence-corrected chi connectivity index (χ4v) is 2.46. The first kappa shape index (κ1) is 17.7. The lowest BCUT2D eigenvalue weighted by atomic mass is 10.1. The number of amides is 1. The highest BCUT2D eigenvalue weighted by Gasteiger charge is 2.31. The number of alkyl halides is 3. The zero-order valence-electron chi connectivity index (χ0n) is 13.7. The first-order valence-electron chi connectivity index (χ1n) is 7.77. The Balaban J connectivity index is 1.71. The van der Waals surface area contributed by atoms with Crippen molar-refractivity contribution in [2.75, 3.05) is 0 Å². The van der Waals surface area contributed by atoms with E-state index < -0.39 is 17.6 Å². The molecule has 1 N–H and O–H groups in total. The average Bonchev–Trinajstić information content (AvgIpc) is 3.16. The summed E-state index contributed by atoms with van der Waals surface area (Å²) in [6.45, 7) is 1.76. The Labute approximate surface area is 147 Å². The number of nitrogens with one attached hydrogen (secondary N) is 1. The molecule has 0 spiro atoms. The molecule has 1 unspecified atom stereocenters. The number of rotatable bonds is 4. The summed E-state index contributed by atoms with van der Waals surface area (Å²) < 4.78 is 39.9. The second-order valence-corrected chi connectivity index (χ2v) is 5.71. The summed E-state index contributed by atoms with van der Waals surface area (Å²) in [5, 5.41) is 6.73. The number of nitrogens with zero attached hydrogens (tertiary/aromatic N) is 3. The number of hydrogen-bond acceptors (Lipinski definition) is 3. The monoisotopic (exact) mass is 360 g/mol. The largest absolute Gasteiger partial charge is 0.416 e. The van der Waals surface area contributed by atoms with Gasteiger partial charge in [0.25, 0.3) is 5.91 Å². The molecule has 1 atom stereocenters. The highest BCUT2D eigenvalue weighted by Crippen LogP contribution is 2.29. The third-order valence-corrected chi connectivity index (χ3v) is 3.88. The van der Waals surface area contributed by atoms with Gasteiger partial charge in [-0.2, -0.15) is 18.3 Å². The fraction of sp³-hybridized carbons (Fsp3) is 0.167. The Morgan fingerprint density at radius 1 is 1.15 bits per heavy atom. The van der Waals surface area contributed by atoms with Gasteiger partial charge in [0.2, 0.25) is 0 Å². The summed E-state index contributed by atoms with van der Waals surface area (Å²) in [4.78, 5) is 16.1. The first-order chi connectivity index (χ1) is 12.3. The molecule has 3 aromatic rings. The van der Waals surface area contributed by atoms with E-state index in [1.165, 1.54) is 18.5 Å². The van der Waals surface area contributed by atoms with Crippen LogP contribution >= 0.6 is 0 Å². The summed E-state index contributed by atoms with van der Waals surface area (Å²) in [5.74, 6) is -0.566. The molecule has 0 aliphatic heterocycles. The molecule has 134 valence electrons. The second-order valence-electron chi connectivity index (χ2n) is 5.71. The van der Waals surface area contributed by atoms with E-state index in [0.717, 1.165) is 23.4 Å². The molecule has 0 saturated heterocycles. The highest BCUT2D eigenvalue weighted by molar-refractivity contribution is 5.94. The van der Waals surface area contributed by atoms with Gasteiger partial charge in [0.05, 0.1) is 17.3 Å². The molecule has 1 heterocycles. The molecule has 2 aromatic carbocycles. The Kier molecular flexibility index (Phi) is 4.75. The van der Waals surface area contributed by atoms with Crippen molar-refractivity contribution in [2.45, 2.75) is 19.1 Å². The zero-order valence-corrected chi connectivity index (χ0v) is 13.7. The minimum absolute atomic E-state index is 0.0362. The maximum atomic E-state index is 12.8. The van der Waals surface area contributed by atoms with Crippen molar-refractivity contribution in [3.05, 3.63) is 77.9 Å². The van der Waals surface area contributed by atoms with E-state index in [1.807, 2.05) is 24.3 Å². The van der Waals surface area contributed by atoms with Gasteiger partial charge < -0.3 is 5.32 Å². The van der Waals surface area contributed by atoms with Crippen LogP contribution in [0.3, 0.4) is 0 Å². The molecule has 0 fully saturated rings. The smallest absolute Gasteiger partial charge is 0.346 e. The van der Waals surface area contributed by atoms with E-state index >= 15 is 0 Å². The van der Waals surface area contributed by atoms with Crippen LogP contribution in [-0.4, -0.2) is 20.7 Å². The van der Waals surface area contributed by atoms with E-state index in [4.69, 9.17) is 0 Å². The van der Waals surface area contributed by atoms with Crippen LogP contribution in [-0.2, 0) is 6.18 Å². The van der Waals surface area contributed by atoms with Crippen LogP contribution < -0.4 is 5.32 Å². The molecule has 0 bridgehead atoms. The molecule has 8 heteroatoms. The number of carbonyl (C=O) groups is 1. The van der Waals surface area contributed by atoms with Crippen LogP contribution in [0.15, 0.2) is 61.2 Å². The van der Waals surface area contributed by atoms with Gasteiger partial charge in [-0.1, -0.05) is 18.2 Å². The molecule has 0 saturated carbocycles. The maximum absolute atomic E-state index is 12.8. The van der Waals surface area contributed by atoms with Crippen LogP contribution in [0.1, 0.15) is 34.5 Å². The van der Waals surface area contributed by atoms with E-state index in [0.29, 0.717) is 0 Å². The lowest BCUT2D eigenvalue weighted by Gasteiger charge is -2.15. The average molecular weight is 360 g/mol. The number of aromatic nitrogens is 3. The lowest BCUT2D eigenvalue weighted by Crippen LogP contribution is -2.27. The third kappa shape index (κ3) is 3.90. The maximum Gasteiger partial charge on any atom is 0.416 e. The van der Waals surface area contributed by atoms with Crippen molar-refractivity contribution in [1.82, 2.24) is 20.1 Å². The van der Waals surface area contributed by atoms with Crippen molar-refractivity contribution >= 4 is 5.91 Å². The lowest BCUT2D eigenvalue weighted by molar-refractivity contribution is -0.137. The normalized spacial score (nSPS) is 12.6. The fourth-order valence-electron chi connectivity index (χ4n) is 2.46. The standard InChI is InChI=1S/C18H15F3N4O/c1-12(13-5-7-16(8-6-13)25-11-22-10-23-25)24-17(26)14-3-2-4-15(9-14)18(19,20)21/h2-12H,1H3,(H,24,26). The number of hydrogen-bond donors (Lipinski definition) is 1. The predicted molar refractivity (Wildman–Crippen MR) is 88.7 cm³/mol. The van der Waals surface area contributed by atoms with Crippen LogP contribution in [0.4, 0.5) is 13.2 Å². The minimum atomic E-state index is -4.49. The van der Waals surface area contributed by atoms with E-state index in [9.17, 15) is 18.0 Å². The van der Waals surface area contributed by atoms with Crippen molar-refractivity contribution < 1.29 is 18.0 Å². The van der Waals surface area contributed by atoms with Crippen molar-refractivity contribution in [1.29, 1.82) is 0 Å². The molecule has 0 radical (unpaired) electrons. The van der Waals surface area contributed by atoms with Crippen LogP contribution in [0.2, 0.25) is 0 Å². The Morgan fingerprint density at radius 2 is 1.88 bits per heavy atom. The summed E-state index contributed by atoms with van der Waals surface area (Å²) in [7, 11) is 0. The van der Waals surface area contributed by atoms with E-state index in [2.05, 4.69) is 15.4 Å². The molecule has 5 nitrogen and oxygen atoms in total. The van der Waals surface area contributed by atoms with Gasteiger partial charge >= 0.3 is 6.18 Å². The molecule has 1 amide bonds. The van der Waals surface area contributed by atoms with Gasteiger partial charge in [-0.25, -0.2) is 9.67 Å². The van der Waals surface area contributed by atoms with Crippen molar-refractivity contribution in [3.63, 3.8) is 0 Å². The van der Waals surface area contributed by atoms with Gasteiger partial charge in [-0.15, -0.1) is 0 Å². The van der Waals surface area contributed by atoms with Crippen LogP contribution in [0, 0.1) is 0 Å². The van der Waals surface area contributed by atoms with Gasteiger partial charge in [-0.3, -0.25) is 4.79 Å². The molecule has 1 aromatic heterocycles. The quantitative estimate of drug-likeness (QED) is 0.770. The number of benzene rings is 2. The Hall–Kier alpha value is -3.16. The molecule has 0 aliphatic carbocycles. The van der Waals surface area contributed by atoms with Crippen LogP contribution in [0.5, 0.6) is 0 Å². The third-order valence-electron chi connectivity index (χ3n) is 3.88. The molecular weight excluding hydrogens is 345 g/mol. The molecule has 26 heavy (non-hydrogen) atoms.